The highest BCUT2D eigenvalue weighted by molar-refractivity contribution is 6.04. The van der Waals surface area contributed by atoms with E-state index in [2.05, 4.69) is 10.4 Å². The molecule has 0 saturated carbocycles. The summed E-state index contributed by atoms with van der Waals surface area (Å²) in [6.07, 6.45) is 0. The van der Waals surface area contributed by atoms with Crippen LogP contribution in [0.15, 0.2) is 59.4 Å². The van der Waals surface area contributed by atoms with Crippen molar-refractivity contribution >= 4 is 11.6 Å². The van der Waals surface area contributed by atoms with E-state index in [1.807, 2.05) is 13.0 Å². The number of aromatic nitrogens is 2. The Balaban J connectivity index is 1.98. The Hall–Kier alpha value is -3.61. The number of carbonyl (C=O) groups excluding carboxylic acids is 1. The van der Waals surface area contributed by atoms with E-state index in [1.54, 1.807) is 18.2 Å². The first-order chi connectivity index (χ1) is 11.9. The van der Waals surface area contributed by atoms with E-state index in [0.29, 0.717) is 11.4 Å². The molecule has 7 nitrogen and oxygen atoms in total. The van der Waals surface area contributed by atoms with Gasteiger partial charge in [0.05, 0.1) is 5.69 Å². The average molecular weight is 337 g/mol. The maximum absolute atomic E-state index is 12.4. The standard InChI is InChI=1S/C18H15N3O4/c1-11-3-2-4-13(9-11)21-16(24)10-15(23)17(20-21)18(25)19-12-5-7-14(22)8-6-12/h2-10,22-23H,1H3,(H,19,25). The molecule has 0 unspecified atom stereocenters. The first-order valence-electron chi connectivity index (χ1n) is 7.45. The molecule has 0 aliphatic rings. The zero-order chi connectivity index (χ0) is 18.0. The number of aromatic hydroxyl groups is 2. The van der Waals surface area contributed by atoms with Gasteiger partial charge in [-0.2, -0.15) is 9.78 Å². The van der Waals surface area contributed by atoms with Crippen LogP contribution in [0.2, 0.25) is 0 Å². The van der Waals surface area contributed by atoms with Crippen LogP contribution in [0.4, 0.5) is 5.69 Å². The SMILES string of the molecule is Cc1cccc(-n2nc(C(=O)Nc3ccc(O)cc3)c(O)cc2=O)c1. The summed E-state index contributed by atoms with van der Waals surface area (Å²) in [5.41, 5.74) is 0.994. The van der Waals surface area contributed by atoms with Crippen molar-refractivity contribution in [3.05, 3.63) is 76.2 Å². The van der Waals surface area contributed by atoms with Gasteiger partial charge in [0.15, 0.2) is 11.4 Å². The van der Waals surface area contributed by atoms with Crippen molar-refractivity contribution < 1.29 is 15.0 Å². The Morgan fingerprint density at radius 2 is 1.80 bits per heavy atom. The molecule has 25 heavy (non-hydrogen) atoms. The number of benzene rings is 2. The van der Waals surface area contributed by atoms with Gasteiger partial charge in [0.2, 0.25) is 0 Å². The van der Waals surface area contributed by atoms with Crippen molar-refractivity contribution in [2.24, 2.45) is 0 Å². The van der Waals surface area contributed by atoms with Crippen LogP contribution in [-0.4, -0.2) is 25.9 Å². The van der Waals surface area contributed by atoms with E-state index in [1.165, 1.54) is 24.3 Å². The maximum atomic E-state index is 12.4. The molecule has 0 aliphatic carbocycles. The number of aryl methyl sites for hydroxylation is 1. The molecular weight excluding hydrogens is 322 g/mol. The van der Waals surface area contributed by atoms with Gasteiger partial charge < -0.3 is 15.5 Å². The molecule has 3 rings (SSSR count). The average Bonchev–Trinajstić information content (AvgIpc) is 2.57. The van der Waals surface area contributed by atoms with Crippen molar-refractivity contribution in [3.8, 4) is 17.2 Å². The van der Waals surface area contributed by atoms with Gasteiger partial charge in [0.25, 0.3) is 11.5 Å². The molecule has 0 bridgehead atoms. The fraction of sp³-hybridized carbons (Fsp3) is 0.0556. The fourth-order valence-corrected chi connectivity index (χ4v) is 2.29. The molecule has 0 aliphatic heterocycles. The summed E-state index contributed by atoms with van der Waals surface area (Å²) in [6.45, 7) is 1.87. The van der Waals surface area contributed by atoms with Crippen LogP contribution in [0.25, 0.3) is 5.69 Å². The molecule has 126 valence electrons. The molecule has 7 heteroatoms. The summed E-state index contributed by atoms with van der Waals surface area (Å²) in [5, 5.41) is 25.7. The van der Waals surface area contributed by atoms with Gasteiger partial charge in [-0.15, -0.1) is 0 Å². The van der Waals surface area contributed by atoms with E-state index in [9.17, 15) is 19.8 Å². The first kappa shape index (κ1) is 16.3. The molecule has 1 heterocycles. The number of rotatable bonds is 3. The van der Waals surface area contributed by atoms with Gasteiger partial charge in [-0.05, 0) is 48.9 Å². The predicted octanol–water partition coefficient (Wildman–Crippen LogP) is 2.20. The molecular formula is C18H15N3O4. The van der Waals surface area contributed by atoms with Crippen LogP contribution < -0.4 is 10.9 Å². The summed E-state index contributed by atoms with van der Waals surface area (Å²) < 4.78 is 1.05. The van der Waals surface area contributed by atoms with Gasteiger partial charge in [-0.1, -0.05) is 12.1 Å². The number of carbonyl (C=O) groups is 1. The number of hydrogen-bond acceptors (Lipinski definition) is 5. The lowest BCUT2D eigenvalue weighted by Gasteiger charge is -2.10. The lowest BCUT2D eigenvalue weighted by molar-refractivity contribution is 0.101. The van der Waals surface area contributed by atoms with Crippen molar-refractivity contribution in [2.45, 2.75) is 6.92 Å². The maximum Gasteiger partial charge on any atom is 0.279 e. The Morgan fingerprint density at radius 1 is 1.08 bits per heavy atom. The summed E-state index contributed by atoms with van der Waals surface area (Å²) in [5.74, 6) is -1.12. The number of hydrogen-bond donors (Lipinski definition) is 3. The number of nitrogens with one attached hydrogen (secondary N) is 1. The van der Waals surface area contributed by atoms with Crippen molar-refractivity contribution in [2.75, 3.05) is 5.32 Å². The zero-order valence-electron chi connectivity index (χ0n) is 13.3. The molecule has 0 radical (unpaired) electrons. The zero-order valence-corrected chi connectivity index (χ0v) is 13.3. The molecule has 3 aromatic rings. The van der Waals surface area contributed by atoms with E-state index in [0.717, 1.165) is 16.3 Å². The van der Waals surface area contributed by atoms with E-state index in [4.69, 9.17) is 0 Å². The predicted molar refractivity (Wildman–Crippen MR) is 92.3 cm³/mol. The summed E-state index contributed by atoms with van der Waals surface area (Å²) >= 11 is 0. The number of phenolic OH excluding ortho intramolecular Hbond substituents is 1. The Kier molecular flexibility index (Phi) is 4.21. The highest BCUT2D eigenvalue weighted by Crippen LogP contribution is 2.18. The first-order valence-corrected chi connectivity index (χ1v) is 7.45. The topological polar surface area (TPSA) is 104 Å². The summed E-state index contributed by atoms with van der Waals surface area (Å²) in [6, 6.07) is 13.8. The minimum atomic E-state index is -0.676. The third-order valence-electron chi connectivity index (χ3n) is 3.50. The Morgan fingerprint density at radius 3 is 2.48 bits per heavy atom. The van der Waals surface area contributed by atoms with E-state index < -0.39 is 17.2 Å². The third-order valence-corrected chi connectivity index (χ3v) is 3.50. The number of phenols is 1. The third kappa shape index (κ3) is 3.50. The number of amides is 1. The number of anilines is 1. The van der Waals surface area contributed by atoms with Crippen LogP contribution >= 0.6 is 0 Å². The minimum absolute atomic E-state index is 0.0620. The van der Waals surface area contributed by atoms with Crippen LogP contribution in [0.5, 0.6) is 11.5 Å². The lowest BCUT2D eigenvalue weighted by Crippen LogP contribution is -2.25. The van der Waals surface area contributed by atoms with Gasteiger partial charge in [-0.3, -0.25) is 9.59 Å². The van der Waals surface area contributed by atoms with Crippen LogP contribution in [0.3, 0.4) is 0 Å². The normalized spacial score (nSPS) is 10.4. The lowest BCUT2D eigenvalue weighted by atomic mass is 10.2. The van der Waals surface area contributed by atoms with Crippen LogP contribution in [0.1, 0.15) is 16.1 Å². The molecule has 0 spiro atoms. The van der Waals surface area contributed by atoms with Gasteiger partial charge in [-0.25, -0.2) is 0 Å². The molecule has 3 N–H and O–H groups in total. The highest BCUT2D eigenvalue weighted by Gasteiger charge is 2.17. The monoisotopic (exact) mass is 337 g/mol. The smallest absolute Gasteiger partial charge is 0.279 e. The second-order valence-corrected chi connectivity index (χ2v) is 5.47. The van der Waals surface area contributed by atoms with Crippen LogP contribution in [0, 0.1) is 6.92 Å². The summed E-state index contributed by atoms with van der Waals surface area (Å²) in [4.78, 5) is 24.5. The molecule has 0 atom stereocenters. The molecule has 0 fully saturated rings. The van der Waals surface area contributed by atoms with Crippen LogP contribution in [-0.2, 0) is 0 Å². The Bertz CT molecular complexity index is 994. The summed E-state index contributed by atoms with van der Waals surface area (Å²) in [7, 11) is 0. The Labute approximate surface area is 142 Å². The van der Waals surface area contributed by atoms with E-state index >= 15 is 0 Å². The van der Waals surface area contributed by atoms with E-state index in [-0.39, 0.29) is 11.4 Å². The van der Waals surface area contributed by atoms with Crippen molar-refractivity contribution in [1.29, 1.82) is 0 Å². The molecule has 0 saturated heterocycles. The van der Waals surface area contributed by atoms with Gasteiger partial charge >= 0.3 is 0 Å². The minimum Gasteiger partial charge on any atom is -0.508 e. The molecule has 1 aromatic heterocycles. The highest BCUT2D eigenvalue weighted by atomic mass is 16.3. The van der Waals surface area contributed by atoms with Gasteiger partial charge in [0, 0.05) is 11.8 Å². The van der Waals surface area contributed by atoms with Gasteiger partial charge in [0.1, 0.15) is 5.75 Å². The largest absolute Gasteiger partial charge is 0.508 e. The molecule has 2 aromatic carbocycles. The second kappa shape index (κ2) is 6.48. The number of nitrogens with zero attached hydrogens (tertiary/aromatic N) is 2. The molecule has 1 amide bonds. The van der Waals surface area contributed by atoms with Crippen molar-refractivity contribution in [3.63, 3.8) is 0 Å². The van der Waals surface area contributed by atoms with Crippen molar-refractivity contribution in [1.82, 2.24) is 9.78 Å². The fourth-order valence-electron chi connectivity index (χ4n) is 2.29. The quantitative estimate of drug-likeness (QED) is 0.636. The second-order valence-electron chi connectivity index (χ2n) is 5.47.